The van der Waals surface area contributed by atoms with E-state index < -0.39 is 16.0 Å². The summed E-state index contributed by atoms with van der Waals surface area (Å²) in [6.07, 6.45) is 0.283. The van der Waals surface area contributed by atoms with E-state index in [-0.39, 0.29) is 36.1 Å². The Hall–Kier alpha value is -1.64. The first kappa shape index (κ1) is 17.4. The fourth-order valence-corrected chi connectivity index (χ4v) is 2.94. The lowest BCUT2D eigenvalue weighted by Gasteiger charge is -2.16. The topological polar surface area (TPSA) is 116 Å². The molecular weight excluding hydrogens is 296 g/mol. The van der Waals surface area contributed by atoms with Gasteiger partial charge in [-0.15, -0.1) is 0 Å². The van der Waals surface area contributed by atoms with Crippen LogP contribution in [0.4, 0.5) is 5.69 Å². The van der Waals surface area contributed by atoms with E-state index in [0.717, 1.165) is 6.07 Å². The normalized spacial score (nSPS) is 11.6. The highest BCUT2D eigenvalue weighted by Crippen LogP contribution is 2.23. The largest absolute Gasteiger partial charge is 0.478 e. The number of carbonyl (C=O) groups is 1. The predicted octanol–water partition coefficient (Wildman–Crippen LogP) is 0.866. The smallest absolute Gasteiger partial charge is 0.335 e. The van der Waals surface area contributed by atoms with Crippen LogP contribution < -0.4 is 10.0 Å². The zero-order valence-corrected chi connectivity index (χ0v) is 12.8. The number of sulfonamides is 1. The molecule has 0 amide bonds. The minimum Gasteiger partial charge on any atom is -0.478 e. The molecule has 7 nitrogen and oxygen atoms in total. The highest BCUT2D eigenvalue weighted by molar-refractivity contribution is 7.89. The molecule has 0 radical (unpaired) electrons. The molecule has 0 heterocycles. The third-order valence-electron chi connectivity index (χ3n) is 2.59. The summed E-state index contributed by atoms with van der Waals surface area (Å²) in [7, 11) is -3.85. The van der Waals surface area contributed by atoms with Gasteiger partial charge in [0.2, 0.25) is 10.0 Å². The minimum atomic E-state index is -3.85. The van der Waals surface area contributed by atoms with Crippen molar-refractivity contribution in [3.63, 3.8) is 0 Å². The highest BCUT2D eigenvalue weighted by Gasteiger charge is 2.20. The van der Waals surface area contributed by atoms with E-state index in [9.17, 15) is 13.2 Å². The lowest BCUT2D eigenvalue weighted by atomic mass is 10.2. The van der Waals surface area contributed by atoms with Crippen LogP contribution in [-0.4, -0.2) is 43.8 Å². The molecule has 0 fully saturated rings. The summed E-state index contributed by atoms with van der Waals surface area (Å²) in [5, 5.41) is 20.7. The molecule has 1 aromatic carbocycles. The summed E-state index contributed by atoms with van der Waals surface area (Å²) < 4.78 is 26.9. The zero-order chi connectivity index (χ0) is 16.0. The Labute approximate surface area is 124 Å². The molecule has 0 aliphatic heterocycles. The lowest BCUT2D eigenvalue weighted by Crippen LogP contribution is -2.27. The lowest BCUT2D eigenvalue weighted by molar-refractivity contribution is 0.0696. The standard InChI is InChI=1S/C13H20N2O5S/c1-9(2)15-11-5-4-10(13(17)18)8-12(11)21(19,20)14-6-3-7-16/h4-5,8-9,14-16H,3,6-7H2,1-2H3,(H,17,18). The number of aromatic carboxylic acids is 1. The molecule has 1 aromatic rings. The molecular formula is C13H20N2O5S. The predicted molar refractivity (Wildman–Crippen MR) is 79.1 cm³/mol. The fourth-order valence-electron chi connectivity index (χ4n) is 1.67. The number of nitrogens with one attached hydrogen (secondary N) is 2. The maximum atomic E-state index is 12.3. The van der Waals surface area contributed by atoms with Crippen LogP contribution in [0.1, 0.15) is 30.6 Å². The van der Waals surface area contributed by atoms with Gasteiger partial charge in [-0.05, 0) is 38.5 Å². The third-order valence-corrected chi connectivity index (χ3v) is 4.09. The first-order valence-electron chi connectivity index (χ1n) is 6.52. The first-order valence-corrected chi connectivity index (χ1v) is 8.00. The van der Waals surface area contributed by atoms with Crippen molar-refractivity contribution in [3.8, 4) is 0 Å². The number of rotatable bonds is 8. The minimum absolute atomic E-state index is 0.00734. The molecule has 0 atom stereocenters. The van der Waals surface area contributed by atoms with Gasteiger partial charge >= 0.3 is 5.97 Å². The van der Waals surface area contributed by atoms with E-state index in [1.165, 1.54) is 12.1 Å². The Balaban J connectivity index is 3.21. The van der Waals surface area contributed by atoms with Crippen LogP contribution in [0.25, 0.3) is 0 Å². The van der Waals surface area contributed by atoms with Crippen molar-refractivity contribution in [2.75, 3.05) is 18.5 Å². The van der Waals surface area contributed by atoms with E-state index in [0.29, 0.717) is 5.69 Å². The van der Waals surface area contributed by atoms with Crippen LogP contribution in [0.5, 0.6) is 0 Å². The molecule has 0 aliphatic carbocycles. The van der Waals surface area contributed by atoms with Gasteiger partial charge in [0.15, 0.2) is 0 Å². The zero-order valence-electron chi connectivity index (χ0n) is 12.0. The average Bonchev–Trinajstić information content (AvgIpc) is 2.38. The summed E-state index contributed by atoms with van der Waals surface area (Å²) in [5.41, 5.74) is 0.235. The molecule has 0 spiro atoms. The second-order valence-electron chi connectivity index (χ2n) is 4.79. The fraction of sp³-hybridized carbons (Fsp3) is 0.462. The first-order chi connectivity index (χ1) is 9.77. The Morgan fingerprint density at radius 1 is 1.33 bits per heavy atom. The third kappa shape index (κ3) is 5.00. The van der Waals surface area contributed by atoms with Crippen LogP contribution in [0.3, 0.4) is 0 Å². The number of carboxylic acids is 1. The maximum absolute atomic E-state index is 12.3. The van der Waals surface area contributed by atoms with Crippen LogP contribution >= 0.6 is 0 Å². The Morgan fingerprint density at radius 3 is 2.52 bits per heavy atom. The number of benzene rings is 1. The van der Waals surface area contributed by atoms with Crippen molar-refractivity contribution in [2.24, 2.45) is 0 Å². The van der Waals surface area contributed by atoms with Crippen LogP contribution in [-0.2, 0) is 10.0 Å². The summed E-state index contributed by atoms with van der Waals surface area (Å²) in [4.78, 5) is 10.9. The molecule has 1 rings (SSSR count). The number of hydrogen-bond donors (Lipinski definition) is 4. The van der Waals surface area contributed by atoms with E-state index >= 15 is 0 Å². The van der Waals surface area contributed by atoms with Crippen molar-refractivity contribution >= 4 is 21.7 Å². The number of hydrogen-bond acceptors (Lipinski definition) is 5. The molecule has 0 saturated carbocycles. The molecule has 0 bridgehead atoms. The van der Waals surface area contributed by atoms with Crippen molar-refractivity contribution in [1.29, 1.82) is 0 Å². The monoisotopic (exact) mass is 316 g/mol. The quantitative estimate of drug-likeness (QED) is 0.529. The second-order valence-corrected chi connectivity index (χ2v) is 6.53. The molecule has 0 aromatic heterocycles. The molecule has 0 unspecified atom stereocenters. The van der Waals surface area contributed by atoms with Crippen molar-refractivity contribution in [1.82, 2.24) is 4.72 Å². The van der Waals surface area contributed by atoms with Crippen LogP contribution in [0, 0.1) is 0 Å². The molecule has 4 N–H and O–H groups in total. The van der Waals surface area contributed by atoms with Gasteiger partial charge < -0.3 is 15.5 Å². The number of aliphatic hydroxyl groups is 1. The Bertz CT molecular complexity index is 599. The van der Waals surface area contributed by atoms with Gasteiger partial charge in [0, 0.05) is 19.2 Å². The summed E-state index contributed by atoms with van der Waals surface area (Å²) >= 11 is 0. The van der Waals surface area contributed by atoms with Gasteiger partial charge in [-0.3, -0.25) is 0 Å². The van der Waals surface area contributed by atoms with Gasteiger partial charge in [-0.25, -0.2) is 17.9 Å². The summed E-state index contributed by atoms with van der Waals surface area (Å²) in [5.74, 6) is -1.20. The number of aliphatic hydroxyl groups excluding tert-OH is 1. The van der Waals surface area contributed by atoms with Crippen molar-refractivity contribution in [2.45, 2.75) is 31.2 Å². The second kappa shape index (κ2) is 7.39. The van der Waals surface area contributed by atoms with Crippen LogP contribution in [0.15, 0.2) is 23.1 Å². The molecule has 0 saturated heterocycles. The van der Waals surface area contributed by atoms with Gasteiger partial charge in [0.05, 0.1) is 11.3 Å². The Kier molecular flexibility index (Phi) is 6.13. The maximum Gasteiger partial charge on any atom is 0.335 e. The van der Waals surface area contributed by atoms with Gasteiger partial charge in [-0.1, -0.05) is 0 Å². The molecule has 0 aliphatic rings. The highest BCUT2D eigenvalue weighted by atomic mass is 32.2. The van der Waals surface area contributed by atoms with Crippen molar-refractivity contribution in [3.05, 3.63) is 23.8 Å². The summed E-state index contributed by atoms with van der Waals surface area (Å²) in [6.45, 7) is 3.65. The average molecular weight is 316 g/mol. The molecule has 8 heteroatoms. The van der Waals surface area contributed by atoms with Crippen LogP contribution in [0.2, 0.25) is 0 Å². The molecule has 21 heavy (non-hydrogen) atoms. The van der Waals surface area contributed by atoms with E-state index in [1.54, 1.807) is 0 Å². The Morgan fingerprint density at radius 2 is 2.00 bits per heavy atom. The SMILES string of the molecule is CC(C)Nc1ccc(C(=O)O)cc1S(=O)(=O)NCCCO. The van der Waals surface area contributed by atoms with Gasteiger partial charge in [0.25, 0.3) is 0 Å². The van der Waals surface area contributed by atoms with E-state index in [4.69, 9.17) is 10.2 Å². The van der Waals surface area contributed by atoms with Gasteiger partial charge in [-0.2, -0.15) is 0 Å². The van der Waals surface area contributed by atoms with E-state index in [1.807, 2.05) is 13.8 Å². The van der Waals surface area contributed by atoms with Crippen molar-refractivity contribution < 1.29 is 23.4 Å². The number of anilines is 1. The van der Waals surface area contributed by atoms with Gasteiger partial charge in [0.1, 0.15) is 4.90 Å². The van der Waals surface area contributed by atoms with E-state index in [2.05, 4.69) is 10.0 Å². The molecule has 118 valence electrons. The summed E-state index contributed by atoms with van der Waals surface area (Å²) in [6, 6.07) is 3.89. The number of carboxylic acid groups (broad SMARTS) is 1.